The van der Waals surface area contributed by atoms with Crippen LogP contribution in [0.2, 0.25) is 5.02 Å². The zero-order chi connectivity index (χ0) is 14.0. The SMILES string of the molecule is Nc1ccc(F)cc1S(=O)Cc1cc(F)ccc1Cl. The van der Waals surface area contributed by atoms with Crippen LogP contribution in [-0.4, -0.2) is 4.21 Å². The van der Waals surface area contributed by atoms with E-state index in [0.717, 1.165) is 6.07 Å². The van der Waals surface area contributed by atoms with Crippen LogP contribution < -0.4 is 5.73 Å². The molecule has 100 valence electrons. The van der Waals surface area contributed by atoms with Gasteiger partial charge in [-0.15, -0.1) is 0 Å². The monoisotopic (exact) mass is 301 g/mol. The third-order valence-electron chi connectivity index (χ3n) is 2.52. The molecule has 0 aromatic heterocycles. The largest absolute Gasteiger partial charge is 0.398 e. The Labute approximate surface area is 116 Å². The van der Waals surface area contributed by atoms with E-state index in [9.17, 15) is 13.0 Å². The number of nitrogen functional groups attached to an aromatic ring is 1. The van der Waals surface area contributed by atoms with Crippen molar-refractivity contribution in [3.63, 3.8) is 0 Å². The van der Waals surface area contributed by atoms with Gasteiger partial charge in [0.1, 0.15) is 11.6 Å². The average molecular weight is 302 g/mol. The van der Waals surface area contributed by atoms with Crippen molar-refractivity contribution in [2.45, 2.75) is 10.6 Å². The lowest BCUT2D eigenvalue weighted by molar-refractivity contribution is 0.622. The smallest absolute Gasteiger partial charge is 0.124 e. The Hall–Kier alpha value is -1.46. The Morgan fingerprint density at radius 3 is 2.47 bits per heavy atom. The summed E-state index contributed by atoms with van der Waals surface area (Å²) in [5.74, 6) is -1.02. The van der Waals surface area contributed by atoms with Gasteiger partial charge in [0.05, 0.1) is 21.4 Å². The Morgan fingerprint density at radius 2 is 1.74 bits per heavy atom. The molecule has 2 nitrogen and oxygen atoms in total. The summed E-state index contributed by atoms with van der Waals surface area (Å²) in [6.45, 7) is 0. The van der Waals surface area contributed by atoms with Crippen molar-refractivity contribution in [2.75, 3.05) is 5.73 Å². The molecule has 0 fully saturated rings. The van der Waals surface area contributed by atoms with Gasteiger partial charge < -0.3 is 5.73 Å². The third-order valence-corrected chi connectivity index (χ3v) is 4.30. The standard InChI is InChI=1S/C13H10ClF2NOS/c14-11-3-1-9(15)5-8(11)7-19(18)13-6-10(16)2-4-12(13)17/h1-6H,7,17H2. The molecular weight excluding hydrogens is 292 g/mol. The maximum atomic E-state index is 13.1. The van der Waals surface area contributed by atoms with Crippen LogP contribution in [0.5, 0.6) is 0 Å². The van der Waals surface area contributed by atoms with Crippen molar-refractivity contribution in [2.24, 2.45) is 0 Å². The molecule has 0 spiro atoms. The topological polar surface area (TPSA) is 43.1 Å². The van der Waals surface area contributed by atoms with E-state index < -0.39 is 22.4 Å². The lowest BCUT2D eigenvalue weighted by atomic mass is 10.2. The molecule has 2 aromatic rings. The van der Waals surface area contributed by atoms with Gasteiger partial charge in [-0.1, -0.05) is 11.6 Å². The maximum absolute atomic E-state index is 13.1. The fraction of sp³-hybridized carbons (Fsp3) is 0.0769. The van der Waals surface area contributed by atoms with Gasteiger partial charge in [0.25, 0.3) is 0 Å². The van der Waals surface area contributed by atoms with E-state index in [1.54, 1.807) is 0 Å². The van der Waals surface area contributed by atoms with Gasteiger partial charge in [-0.05, 0) is 42.0 Å². The van der Waals surface area contributed by atoms with Crippen LogP contribution in [-0.2, 0) is 16.6 Å². The van der Waals surface area contributed by atoms with Crippen LogP contribution in [0.4, 0.5) is 14.5 Å². The van der Waals surface area contributed by atoms with E-state index >= 15 is 0 Å². The molecule has 0 saturated heterocycles. The predicted octanol–water partition coefficient (Wildman–Crippen LogP) is 3.51. The second kappa shape index (κ2) is 5.67. The maximum Gasteiger partial charge on any atom is 0.124 e. The number of hydrogen-bond donors (Lipinski definition) is 1. The molecule has 2 aromatic carbocycles. The van der Waals surface area contributed by atoms with Crippen molar-refractivity contribution in [1.82, 2.24) is 0 Å². The van der Waals surface area contributed by atoms with Crippen LogP contribution in [0.15, 0.2) is 41.3 Å². The fourth-order valence-corrected chi connectivity index (χ4v) is 3.09. The molecule has 0 heterocycles. The van der Waals surface area contributed by atoms with Gasteiger partial charge in [-0.25, -0.2) is 8.78 Å². The molecule has 0 amide bonds. The Kier molecular flexibility index (Phi) is 4.17. The normalized spacial score (nSPS) is 12.4. The van der Waals surface area contributed by atoms with Gasteiger partial charge in [-0.3, -0.25) is 4.21 Å². The van der Waals surface area contributed by atoms with Crippen molar-refractivity contribution >= 4 is 28.1 Å². The summed E-state index contributed by atoms with van der Waals surface area (Å²) in [4.78, 5) is 0.181. The molecule has 0 radical (unpaired) electrons. The summed E-state index contributed by atoms with van der Waals surface area (Å²) in [6.07, 6.45) is 0. The molecule has 0 bridgehead atoms. The van der Waals surface area contributed by atoms with Crippen LogP contribution in [0.25, 0.3) is 0 Å². The molecule has 2 N–H and O–H groups in total. The molecule has 0 saturated carbocycles. The summed E-state index contributed by atoms with van der Waals surface area (Å²) >= 11 is 5.89. The molecule has 1 unspecified atom stereocenters. The molecule has 0 aliphatic heterocycles. The first-order valence-corrected chi connectivity index (χ1v) is 7.04. The summed E-state index contributed by atoms with van der Waals surface area (Å²) in [5.41, 5.74) is 6.27. The highest BCUT2D eigenvalue weighted by Crippen LogP contribution is 2.24. The highest BCUT2D eigenvalue weighted by Gasteiger charge is 2.12. The van der Waals surface area contributed by atoms with E-state index in [1.807, 2.05) is 0 Å². The quantitative estimate of drug-likeness (QED) is 0.882. The van der Waals surface area contributed by atoms with E-state index in [1.165, 1.54) is 30.3 Å². The zero-order valence-corrected chi connectivity index (χ0v) is 11.3. The summed E-state index contributed by atoms with van der Waals surface area (Å²) in [6, 6.07) is 7.44. The second-order valence-corrected chi connectivity index (χ2v) is 5.73. The molecule has 0 aliphatic carbocycles. The molecule has 1 atom stereocenters. The van der Waals surface area contributed by atoms with Gasteiger partial charge in [0.15, 0.2) is 0 Å². The van der Waals surface area contributed by atoms with Crippen molar-refractivity contribution < 1.29 is 13.0 Å². The fourth-order valence-electron chi connectivity index (χ4n) is 1.58. The first-order chi connectivity index (χ1) is 8.97. The minimum atomic E-state index is -1.59. The molecular formula is C13H10ClF2NOS. The van der Waals surface area contributed by atoms with Gasteiger partial charge in [0, 0.05) is 10.7 Å². The van der Waals surface area contributed by atoms with E-state index in [2.05, 4.69) is 0 Å². The summed E-state index contributed by atoms with van der Waals surface area (Å²) in [5, 5.41) is 0.310. The van der Waals surface area contributed by atoms with Crippen molar-refractivity contribution in [1.29, 1.82) is 0 Å². The Balaban J connectivity index is 2.30. The highest BCUT2D eigenvalue weighted by molar-refractivity contribution is 7.84. The van der Waals surface area contributed by atoms with Crippen molar-refractivity contribution in [3.05, 3.63) is 58.6 Å². The number of benzene rings is 2. The lowest BCUT2D eigenvalue weighted by Gasteiger charge is -2.07. The first kappa shape index (κ1) is 14.0. The van der Waals surface area contributed by atoms with Crippen LogP contribution in [0.3, 0.4) is 0 Å². The summed E-state index contributed by atoms with van der Waals surface area (Å²) < 4.78 is 38.3. The van der Waals surface area contributed by atoms with E-state index in [0.29, 0.717) is 10.6 Å². The second-order valence-electron chi connectivity index (χ2n) is 3.91. The third kappa shape index (κ3) is 3.30. The zero-order valence-electron chi connectivity index (χ0n) is 9.70. The lowest BCUT2D eigenvalue weighted by Crippen LogP contribution is -2.02. The number of rotatable bonds is 3. The summed E-state index contributed by atoms with van der Waals surface area (Å²) in [7, 11) is -1.59. The van der Waals surface area contributed by atoms with Crippen molar-refractivity contribution in [3.8, 4) is 0 Å². The van der Waals surface area contributed by atoms with E-state index in [-0.39, 0.29) is 16.3 Å². The number of hydrogen-bond acceptors (Lipinski definition) is 2. The van der Waals surface area contributed by atoms with Crippen LogP contribution >= 0.6 is 11.6 Å². The average Bonchev–Trinajstić information content (AvgIpc) is 2.36. The number of nitrogens with two attached hydrogens (primary N) is 1. The minimum absolute atomic E-state index is 0.0236. The number of halogens is 3. The van der Waals surface area contributed by atoms with Crippen LogP contribution in [0, 0.1) is 11.6 Å². The minimum Gasteiger partial charge on any atom is -0.398 e. The van der Waals surface area contributed by atoms with Crippen LogP contribution in [0.1, 0.15) is 5.56 Å². The van der Waals surface area contributed by atoms with Gasteiger partial charge >= 0.3 is 0 Å². The molecule has 19 heavy (non-hydrogen) atoms. The number of anilines is 1. The Morgan fingerprint density at radius 1 is 1.11 bits per heavy atom. The molecule has 0 aliphatic rings. The predicted molar refractivity (Wildman–Crippen MR) is 72.3 cm³/mol. The first-order valence-electron chi connectivity index (χ1n) is 5.34. The van der Waals surface area contributed by atoms with E-state index in [4.69, 9.17) is 17.3 Å². The van der Waals surface area contributed by atoms with Gasteiger partial charge in [-0.2, -0.15) is 0 Å². The Bertz CT molecular complexity index is 649. The molecule has 2 rings (SSSR count). The highest BCUT2D eigenvalue weighted by atomic mass is 35.5. The van der Waals surface area contributed by atoms with Gasteiger partial charge in [0.2, 0.25) is 0 Å². The molecule has 6 heteroatoms.